The maximum atomic E-state index is 16.2. The maximum Gasteiger partial charge on any atom is 0.252 e. The van der Waals surface area contributed by atoms with E-state index < -0.39 is 26.7 Å². The van der Waals surface area contributed by atoms with Gasteiger partial charge in [0.05, 0.1) is 17.5 Å². The number of hydrogen-bond acceptors (Lipinski definition) is 6. The first-order valence-electron chi connectivity index (χ1n) is 13.2. The number of rotatable bonds is 15. The fraction of sp³-hybridized carbons (Fsp3) is 0.414. The number of sulfone groups is 1. The van der Waals surface area contributed by atoms with Crippen molar-refractivity contribution in [2.75, 3.05) is 26.7 Å². The van der Waals surface area contributed by atoms with Gasteiger partial charge in [0.1, 0.15) is 11.6 Å². The minimum absolute atomic E-state index is 0. The summed E-state index contributed by atoms with van der Waals surface area (Å²) >= 11 is 5.86. The Bertz CT molecular complexity index is 1310. The lowest BCUT2D eigenvalue weighted by molar-refractivity contribution is -0.130. The second-order valence-corrected chi connectivity index (χ2v) is 12.2. The standard InChI is InChI=1S/C29H36ClF2N3O4S.ClH/c1-35(28(36)10-3-2-6-17-33)18-7-19-39-26-9-5-4-8-22(26)21-34-27-20-24(31)15-16-29(27,32)40(37,38)25-13-11-23(30)12-14-25;/h4-5,8-9,11-16,20,27,34H,2-3,6-7,10,17-19,21,33H2,1H3;1H. The van der Waals surface area contributed by atoms with Crippen LogP contribution in [0.5, 0.6) is 5.75 Å². The van der Waals surface area contributed by atoms with Crippen LogP contribution < -0.4 is 15.8 Å². The van der Waals surface area contributed by atoms with Crippen molar-refractivity contribution in [2.45, 2.75) is 54.6 Å². The van der Waals surface area contributed by atoms with Crippen molar-refractivity contribution < 1.29 is 26.7 Å². The van der Waals surface area contributed by atoms with Crippen molar-refractivity contribution in [2.24, 2.45) is 5.73 Å². The summed E-state index contributed by atoms with van der Waals surface area (Å²) in [5.74, 6) is -0.155. The normalized spacial score (nSPS) is 18.4. The van der Waals surface area contributed by atoms with E-state index in [9.17, 15) is 17.6 Å². The third-order valence-corrected chi connectivity index (χ3v) is 9.02. The summed E-state index contributed by atoms with van der Waals surface area (Å²) in [7, 11) is -2.80. The lowest BCUT2D eigenvalue weighted by Crippen LogP contribution is -2.51. The van der Waals surface area contributed by atoms with E-state index in [2.05, 4.69) is 5.32 Å². The van der Waals surface area contributed by atoms with Crippen molar-refractivity contribution in [3.63, 3.8) is 0 Å². The molecular formula is C29H37Cl2F2N3O4S. The first kappa shape index (κ1) is 34.7. The zero-order chi connectivity index (χ0) is 29.2. The van der Waals surface area contributed by atoms with E-state index in [4.69, 9.17) is 22.1 Å². The molecule has 2 aromatic rings. The van der Waals surface area contributed by atoms with Gasteiger partial charge >= 0.3 is 0 Å². The van der Waals surface area contributed by atoms with Crippen LogP contribution in [0.2, 0.25) is 5.02 Å². The lowest BCUT2D eigenvalue weighted by atomic mass is 10.0. The molecule has 3 rings (SSSR count). The summed E-state index contributed by atoms with van der Waals surface area (Å²) in [5.41, 5.74) is 6.12. The molecule has 1 aliphatic rings. The highest BCUT2D eigenvalue weighted by Gasteiger charge is 2.50. The van der Waals surface area contributed by atoms with Crippen molar-refractivity contribution >= 4 is 39.8 Å². The van der Waals surface area contributed by atoms with Crippen LogP contribution >= 0.6 is 24.0 Å². The average Bonchev–Trinajstić information content (AvgIpc) is 2.94. The summed E-state index contributed by atoms with van der Waals surface area (Å²) in [6, 6.07) is 10.7. The highest BCUT2D eigenvalue weighted by molar-refractivity contribution is 7.93. The zero-order valence-electron chi connectivity index (χ0n) is 22.9. The number of nitrogens with two attached hydrogens (primary N) is 1. The van der Waals surface area contributed by atoms with E-state index >= 15 is 4.39 Å². The fourth-order valence-electron chi connectivity index (χ4n) is 4.28. The van der Waals surface area contributed by atoms with E-state index in [1.165, 1.54) is 24.3 Å². The Hall–Kier alpha value is -2.50. The molecule has 0 aliphatic heterocycles. The topological polar surface area (TPSA) is 102 Å². The highest BCUT2D eigenvalue weighted by Crippen LogP contribution is 2.37. The average molecular weight is 633 g/mol. The number of unbranched alkanes of at least 4 members (excludes halogenated alkanes) is 2. The predicted octanol–water partition coefficient (Wildman–Crippen LogP) is 5.53. The number of ether oxygens (including phenoxy) is 1. The Morgan fingerprint density at radius 3 is 2.54 bits per heavy atom. The number of amides is 1. The molecule has 0 saturated heterocycles. The molecule has 1 aliphatic carbocycles. The third-order valence-electron chi connectivity index (χ3n) is 6.66. The van der Waals surface area contributed by atoms with Gasteiger partial charge in [0, 0.05) is 37.1 Å². The smallest absolute Gasteiger partial charge is 0.252 e. The summed E-state index contributed by atoms with van der Waals surface area (Å²) in [6.45, 7) is 1.50. The van der Waals surface area contributed by atoms with Gasteiger partial charge < -0.3 is 20.7 Å². The van der Waals surface area contributed by atoms with Crippen molar-refractivity contribution in [3.05, 3.63) is 83.2 Å². The number of benzene rings is 2. The van der Waals surface area contributed by atoms with Gasteiger partial charge in [-0.05, 0) is 74.4 Å². The minimum atomic E-state index is -4.56. The van der Waals surface area contributed by atoms with Crippen LogP contribution in [-0.2, 0) is 21.2 Å². The number of nitrogens with zero attached hydrogens (tertiary/aromatic N) is 1. The highest BCUT2D eigenvalue weighted by atomic mass is 35.5. The molecule has 7 nitrogen and oxygen atoms in total. The number of allylic oxidation sites excluding steroid dienone is 2. The van der Waals surface area contributed by atoms with Gasteiger partial charge in [0.15, 0.2) is 0 Å². The number of carbonyl (C=O) groups is 1. The van der Waals surface area contributed by atoms with Crippen LogP contribution in [-0.4, -0.2) is 57.0 Å². The van der Waals surface area contributed by atoms with Crippen LogP contribution in [0.1, 0.15) is 37.7 Å². The van der Waals surface area contributed by atoms with Crippen LogP contribution in [0.3, 0.4) is 0 Å². The van der Waals surface area contributed by atoms with Crippen molar-refractivity contribution in [1.82, 2.24) is 10.2 Å². The Morgan fingerprint density at radius 2 is 1.83 bits per heavy atom. The zero-order valence-corrected chi connectivity index (χ0v) is 25.3. The van der Waals surface area contributed by atoms with Crippen molar-refractivity contribution in [3.8, 4) is 5.75 Å². The van der Waals surface area contributed by atoms with E-state index in [-0.39, 0.29) is 29.8 Å². The monoisotopic (exact) mass is 631 g/mol. The number of carbonyl (C=O) groups excluding carboxylic acids is 1. The molecule has 3 N–H and O–H groups in total. The lowest BCUT2D eigenvalue weighted by Gasteiger charge is -2.32. The fourth-order valence-corrected chi connectivity index (χ4v) is 6.00. The molecule has 0 aromatic heterocycles. The van der Waals surface area contributed by atoms with Gasteiger partial charge in [-0.15, -0.1) is 12.4 Å². The second kappa shape index (κ2) is 16.2. The molecule has 0 bridgehead atoms. The molecule has 12 heteroatoms. The van der Waals surface area contributed by atoms with Gasteiger partial charge in [-0.1, -0.05) is 36.2 Å². The van der Waals surface area contributed by atoms with E-state index in [0.29, 0.717) is 48.9 Å². The molecule has 0 radical (unpaired) electrons. The number of para-hydroxylation sites is 1. The molecule has 0 fully saturated rings. The Labute approximate surface area is 252 Å². The Kier molecular flexibility index (Phi) is 13.7. The van der Waals surface area contributed by atoms with Crippen LogP contribution in [0.15, 0.2) is 77.5 Å². The molecule has 2 atom stereocenters. The molecule has 0 heterocycles. The number of hydrogen-bond donors (Lipinski definition) is 2. The van der Waals surface area contributed by atoms with Gasteiger partial charge in [0.25, 0.3) is 5.00 Å². The largest absolute Gasteiger partial charge is 0.493 e. The number of halogens is 4. The third kappa shape index (κ3) is 9.24. The summed E-state index contributed by atoms with van der Waals surface area (Å²) in [6.07, 6.45) is 6.19. The van der Waals surface area contributed by atoms with Crippen LogP contribution in [0.25, 0.3) is 0 Å². The summed E-state index contributed by atoms with van der Waals surface area (Å²) in [4.78, 5) is 13.7. The molecule has 0 saturated carbocycles. The first-order valence-corrected chi connectivity index (χ1v) is 15.1. The molecular weight excluding hydrogens is 595 g/mol. The van der Waals surface area contributed by atoms with E-state index in [1.807, 2.05) is 0 Å². The maximum absolute atomic E-state index is 16.2. The quantitative estimate of drug-likeness (QED) is 0.251. The van der Waals surface area contributed by atoms with E-state index in [1.54, 1.807) is 36.2 Å². The molecule has 226 valence electrons. The summed E-state index contributed by atoms with van der Waals surface area (Å²) in [5, 5.41) is 0.219. The number of nitrogens with one attached hydrogen (secondary N) is 1. The van der Waals surface area contributed by atoms with Crippen molar-refractivity contribution in [1.29, 1.82) is 0 Å². The molecule has 2 unspecified atom stereocenters. The molecule has 1 amide bonds. The van der Waals surface area contributed by atoms with Crippen LogP contribution in [0, 0.1) is 0 Å². The summed E-state index contributed by atoms with van der Waals surface area (Å²) < 4.78 is 62.8. The van der Waals surface area contributed by atoms with E-state index in [0.717, 1.165) is 37.5 Å². The minimum Gasteiger partial charge on any atom is -0.493 e. The van der Waals surface area contributed by atoms with Gasteiger partial charge in [0.2, 0.25) is 15.7 Å². The SMILES string of the molecule is CN(CCCOc1ccccc1CNC1C=C(F)C=CC1(F)S(=O)(=O)c1ccc(Cl)cc1)C(=O)CCCCCN.Cl. The Balaban J connectivity index is 0.00000588. The number of alkyl halides is 1. The van der Waals surface area contributed by atoms with Crippen LogP contribution in [0.4, 0.5) is 8.78 Å². The molecule has 0 spiro atoms. The molecule has 2 aromatic carbocycles. The van der Waals surface area contributed by atoms with Gasteiger partial charge in [-0.2, -0.15) is 0 Å². The predicted molar refractivity (Wildman–Crippen MR) is 160 cm³/mol. The van der Waals surface area contributed by atoms with Gasteiger partial charge in [-0.25, -0.2) is 17.2 Å². The first-order chi connectivity index (χ1) is 19.1. The van der Waals surface area contributed by atoms with Gasteiger partial charge in [-0.3, -0.25) is 4.79 Å². The molecule has 41 heavy (non-hydrogen) atoms. The second-order valence-electron chi connectivity index (χ2n) is 9.62. The Morgan fingerprint density at radius 1 is 1.12 bits per heavy atom.